The summed E-state index contributed by atoms with van der Waals surface area (Å²) in [6.45, 7) is 1.04. The maximum atomic E-state index is 12.9. The van der Waals surface area contributed by atoms with Crippen molar-refractivity contribution in [3.05, 3.63) is 29.6 Å². The number of ether oxygens (including phenoxy) is 2. The van der Waals surface area contributed by atoms with Gasteiger partial charge in [-0.2, -0.15) is 0 Å². The van der Waals surface area contributed by atoms with E-state index in [1.165, 1.54) is 18.2 Å². The van der Waals surface area contributed by atoms with Crippen LogP contribution in [0.2, 0.25) is 0 Å². The van der Waals surface area contributed by atoms with E-state index in [0.717, 1.165) is 6.42 Å². The average Bonchev–Trinajstić information content (AvgIpc) is 2.26. The Balaban J connectivity index is 2.67. The topological polar surface area (TPSA) is 68.3 Å². The van der Waals surface area contributed by atoms with E-state index in [2.05, 4.69) is 0 Å². The van der Waals surface area contributed by atoms with Gasteiger partial charge in [-0.05, 0) is 18.2 Å². The number of benzene rings is 1. The molecule has 0 aliphatic carbocycles. The summed E-state index contributed by atoms with van der Waals surface area (Å²) >= 11 is 0. The van der Waals surface area contributed by atoms with Crippen molar-refractivity contribution < 1.29 is 13.9 Å². The molecular formula is C11H15FN2O2. The van der Waals surface area contributed by atoms with Crippen LogP contribution < -0.4 is 10.5 Å². The van der Waals surface area contributed by atoms with E-state index in [0.29, 0.717) is 19.0 Å². The van der Waals surface area contributed by atoms with Crippen molar-refractivity contribution in [2.75, 3.05) is 20.3 Å². The van der Waals surface area contributed by atoms with Gasteiger partial charge in [0.15, 0.2) is 0 Å². The van der Waals surface area contributed by atoms with Gasteiger partial charge in [0, 0.05) is 20.1 Å². The van der Waals surface area contributed by atoms with Gasteiger partial charge in [-0.1, -0.05) is 0 Å². The summed E-state index contributed by atoms with van der Waals surface area (Å²) in [4.78, 5) is 0. The van der Waals surface area contributed by atoms with Crippen LogP contribution in [0.4, 0.5) is 4.39 Å². The minimum Gasteiger partial charge on any atom is -0.493 e. The van der Waals surface area contributed by atoms with E-state index in [1.807, 2.05) is 0 Å². The Bertz CT molecular complexity index is 369. The predicted molar refractivity (Wildman–Crippen MR) is 59.4 cm³/mol. The molecule has 0 aromatic heterocycles. The third kappa shape index (κ3) is 3.51. The summed E-state index contributed by atoms with van der Waals surface area (Å²) in [6.07, 6.45) is 0.727. The number of nitrogens with two attached hydrogens (primary N) is 1. The second-order valence-corrected chi connectivity index (χ2v) is 3.25. The second-order valence-electron chi connectivity index (χ2n) is 3.25. The van der Waals surface area contributed by atoms with Gasteiger partial charge in [-0.25, -0.2) is 4.39 Å². The molecule has 0 aliphatic rings. The van der Waals surface area contributed by atoms with Crippen LogP contribution in [0.15, 0.2) is 18.2 Å². The quantitative estimate of drug-likeness (QED) is 0.439. The largest absolute Gasteiger partial charge is 0.493 e. The van der Waals surface area contributed by atoms with Crippen LogP contribution in [-0.4, -0.2) is 26.2 Å². The van der Waals surface area contributed by atoms with Crippen molar-refractivity contribution in [1.82, 2.24) is 0 Å². The summed E-state index contributed by atoms with van der Waals surface area (Å²) in [5.41, 5.74) is 5.60. The Hall–Kier alpha value is -1.62. The molecule has 0 heterocycles. The first-order chi connectivity index (χ1) is 7.65. The minimum absolute atomic E-state index is 0.207. The smallest absolute Gasteiger partial charge is 0.130 e. The number of rotatable bonds is 6. The molecule has 1 rings (SSSR count). The normalized spacial score (nSPS) is 10.1. The number of methoxy groups -OCH3 is 1. The molecule has 0 radical (unpaired) electrons. The fourth-order valence-electron chi connectivity index (χ4n) is 1.22. The zero-order chi connectivity index (χ0) is 12.0. The zero-order valence-electron chi connectivity index (χ0n) is 9.13. The lowest BCUT2D eigenvalue weighted by molar-refractivity contribution is 0.172. The van der Waals surface area contributed by atoms with Gasteiger partial charge in [-0.3, -0.25) is 5.41 Å². The summed E-state index contributed by atoms with van der Waals surface area (Å²) < 4.78 is 23.2. The van der Waals surface area contributed by atoms with Gasteiger partial charge < -0.3 is 15.2 Å². The lowest BCUT2D eigenvalue weighted by Gasteiger charge is -2.10. The van der Waals surface area contributed by atoms with E-state index >= 15 is 0 Å². The van der Waals surface area contributed by atoms with Crippen LogP contribution >= 0.6 is 0 Å². The Morgan fingerprint density at radius 2 is 2.19 bits per heavy atom. The molecular weight excluding hydrogens is 211 g/mol. The Morgan fingerprint density at radius 3 is 2.81 bits per heavy atom. The van der Waals surface area contributed by atoms with E-state index in [4.69, 9.17) is 20.6 Å². The van der Waals surface area contributed by atoms with Gasteiger partial charge >= 0.3 is 0 Å². The molecule has 3 N–H and O–H groups in total. The summed E-state index contributed by atoms with van der Waals surface area (Å²) in [5.74, 6) is -0.222. The predicted octanol–water partition coefficient (Wildman–Crippen LogP) is 1.53. The highest BCUT2D eigenvalue weighted by molar-refractivity contribution is 5.97. The van der Waals surface area contributed by atoms with Gasteiger partial charge in [-0.15, -0.1) is 0 Å². The number of nitrogens with one attached hydrogen (secondary N) is 1. The minimum atomic E-state index is -0.436. The third-order valence-electron chi connectivity index (χ3n) is 1.98. The van der Waals surface area contributed by atoms with Gasteiger partial charge in [0.05, 0.1) is 12.2 Å². The molecule has 0 amide bonds. The molecule has 1 aromatic carbocycles. The highest BCUT2D eigenvalue weighted by Crippen LogP contribution is 2.19. The van der Waals surface area contributed by atoms with Crippen molar-refractivity contribution in [2.45, 2.75) is 6.42 Å². The molecule has 16 heavy (non-hydrogen) atoms. The maximum Gasteiger partial charge on any atom is 0.130 e. The Kier molecular flexibility index (Phi) is 4.72. The maximum absolute atomic E-state index is 12.9. The molecule has 0 unspecified atom stereocenters. The highest BCUT2D eigenvalue weighted by atomic mass is 19.1. The van der Waals surface area contributed by atoms with Crippen molar-refractivity contribution in [1.29, 1.82) is 5.41 Å². The molecule has 0 saturated heterocycles. The first kappa shape index (κ1) is 12.4. The van der Waals surface area contributed by atoms with Crippen LogP contribution in [-0.2, 0) is 4.74 Å². The van der Waals surface area contributed by atoms with Gasteiger partial charge in [0.25, 0.3) is 0 Å². The molecule has 0 bridgehead atoms. The van der Waals surface area contributed by atoms with Crippen LogP contribution in [0.1, 0.15) is 12.0 Å². The third-order valence-corrected chi connectivity index (χ3v) is 1.98. The lowest BCUT2D eigenvalue weighted by atomic mass is 10.2. The molecule has 0 saturated carbocycles. The summed E-state index contributed by atoms with van der Waals surface area (Å²) in [6, 6.07) is 3.94. The summed E-state index contributed by atoms with van der Waals surface area (Å²) in [7, 11) is 1.61. The van der Waals surface area contributed by atoms with Crippen molar-refractivity contribution in [3.8, 4) is 5.75 Å². The molecule has 1 aromatic rings. The molecule has 0 fully saturated rings. The Labute approximate surface area is 93.7 Å². The van der Waals surface area contributed by atoms with E-state index < -0.39 is 5.82 Å². The van der Waals surface area contributed by atoms with E-state index in [1.54, 1.807) is 7.11 Å². The first-order valence-corrected chi connectivity index (χ1v) is 4.91. The SMILES string of the molecule is COCCCOc1ccc(F)cc1C(=N)N. The van der Waals surface area contributed by atoms with Crippen LogP contribution in [0.25, 0.3) is 0 Å². The van der Waals surface area contributed by atoms with Crippen LogP contribution in [0.5, 0.6) is 5.75 Å². The zero-order valence-corrected chi connectivity index (χ0v) is 9.13. The van der Waals surface area contributed by atoms with E-state index in [9.17, 15) is 4.39 Å². The molecule has 0 atom stereocenters. The standard InChI is InChI=1S/C11H15FN2O2/c1-15-5-2-6-16-10-4-3-8(12)7-9(10)11(13)14/h3-4,7H,2,5-6H2,1H3,(H3,13,14). The molecule has 5 heteroatoms. The molecule has 4 nitrogen and oxygen atoms in total. The molecule has 0 spiro atoms. The van der Waals surface area contributed by atoms with Gasteiger partial charge in [0.1, 0.15) is 17.4 Å². The molecule has 0 aliphatic heterocycles. The lowest BCUT2D eigenvalue weighted by Crippen LogP contribution is -2.14. The van der Waals surface area contributed by atoms with Crippen molar-refractivity contribution >= 4 is 5.84 Å². The van der Waals surface area contributed by atoms with Crippen molar-refractivity contribution in [2.24, 2.45) is 5.73 Å². The number of hydrogen-bond acceptors (Lipinski definition) is 3. The fraction of sp³-hybridized carbons (Fsp3) is 0.364. The van der Waals surface area contributed by atoms with Crippen LogP contribution in [0, 0.1) is 11.2 Å². The number of amidine groups is 1. The highest BCUT2D eigenvalue weighted by Gasteiger charge is 2.07. The molecule has 88 valence electrons. The van der Waals surface area contributed by atoms with E-state index in [-0.39, 0.29) is 11.4 Å². The number of halogens is 1. The number of hydrogen-bond donors (Lipinski definition) is 2. The second kappa shape index (κ2) is 6.07. The monoisotopic (exact) mass is 226 g/mol. The van der Waals surface area contributed by atoms with Crippen LogP contribution in [0.3, 0.4) is 0 Å². The fourth-order valence-corrected chi connectivity index (χ4v) is 1.22. The number of nitrogen functional groups attached to an aromatic ring is 1. The first-order valence-electron chi connectivity index (χ1n) is 4.91. The van der Waals surface area contributed by atoms with Gasteiger partial charge in [0.2, 0.25) is 0 Å². The summed E-state index contributed by atoms with van der Waals surface area (Å²) in [5, 5.41) is 7.30. The Morgan fingerprint density at radius 1 is 1.44 bits per heavy atom. The van der Waals surface area contributed by atoms with Crippen molar-refractivity contribution in [3.63, 3.8) is 0 Å². The average molecular weight is 226 g/mol.